The summed E-state index contributed by atoms with van der Waals surface area (Å²) < 4.78 is 38.3. The molecule has 23 heavy (non-hydrogen) atoms. The zero-order chi connectivity index (χ0) is 16.3. The fraction of sp³-hybridized carbons (Fsp3) is 0.933. The maximum Gasteiger partial charge on any atom is 0.403 e. The van der Waals surface area contributed by atoms with Crippen LogP contribution in [0.15, 0.2) is 4.99 Å². The highest BCUT2D eigenvalue weighted by atomic mass is 127. The molecule has 1 saturated heterocycles. The summed E-state index contributed by atoms with van der Waals surface area (Å²) in [7, 11) is 0. The van der Waals surface area contributed by atoms with Gasteiger partial charge in [0, 0.05) is 39.3 Å². The van der Waals surface area contributed by atoms with Crippen LogP contribution in [-0.2, 0) is 0 Å². The van der Waals surface area contributed by atoms with Gasteiger partial charge in [0.05, 0.1) is 0 Å². The fourth-order valence-electron chi connectivity index (χ4n) is 2.81. The van der Waals surface area contributed by atoms with Crippen LogP contribution < -0.4 is 5.32 Å². The normalized spacial score (nSPS) is 27.4. The molecule has 0 aromatic rings. The van der Waals surface area contributed by atoms with Gasteiger partial charge in [0.1, 0.15) is 6.04 Å². The van der Waals surface area contributed by atoms with Gasteiger partial charge in [0.2, 0.25) is 0 Å². The Morgan fingerprint density at radius 3 is 2.26 bits per heavy atom. The number of piperazine rings is 1. The van der Waals surface area contributed by atoms with E-state index in [1.807, 2.05) is 6.92 Å². The lowest BCUT2D eigenvalue weighted by Gasteiger charge is -2.39. The van der Waals surface area contributed by atoms with Crippen LogP contribution in [0, 0.1) is 11.8 Å². The largest absolute Gasteiger partial charge is 0.403 e. The van der Waals surface area contributed by atoms with Gasteiger partial charge in [-0.2, -0.15) is 13.2 Å². The Morgan fingerprint density at radius 2 is 1.83 bits per heavy atom. The smallest absolute Gasteiger partial charge is 0.357 e. The topological polar surface area (TPSA) is 30.9 Å². The minimum atomic E-state index is -4.15. The first kappa shape index (κ1) is 20.8. The Balaban J connectivity index is 0.00000264. The molecule has 1 aliphatic carbocycles. The van der Waals surface area contributed by atoms with Crippen LogP contribution in [0.25, 0.3) is 0 Å². The minimum absolute atomic E-state index is 0. The molecule has 1 saturated carbocycles. The highest BCUT2D eigenvalue weighted by Gasteiger charge is 2.41. The molecule has 0 radical (unpaired) electrons. The maximum absolute atomic E-state index is 12.8. The zero-order valence-electron chi connectivity index (χ0n) is 14.1. The summed E-state index contributed by atoms with van der Waals surface area (Å²) in [5.41, 5.74) is 0. The molecule has 2 aliphatic rings. The number of aliphatic imine (C=N–C) groups is 1. The Kier molecular flexibility index (Phi) is 7.89. The summed E-state index contributed by atoms with van der Waals surface area (Å²) in [5.74, 6) is 2.29. The highest BCUT2D eigenvalue weighted by molar-refractivity contribution is 14.0. The van der Waals surface area contributed by atoms with Crippen molar-refractivity contribution in [3.05, 3.63) is 0 Å². The third kappa shape index (κ3) is 5.95. The van der Waals surface area contributed by atoms with Crippen LogP contribution in [0.5, 0.6) is 0 Å². The number of halogens is 4. The number of alkyl halides is 3. The van der Waals surface area contributed by atoms with Crippen molar-refractivity contribution < 1.29 is 13.2 Å². The second-order valence-electron chi connectivity index (χ2n) is 6.41. The molecule has 0 bridgehead atoms. The Hall–Kier alpha value is -0.250. The molecule has 2 fully saturated rings. The molecule has 3 unspecified atom stereocenters. The van der Waals surface area contributed by atoms with Crippen molar-refractivity contribution in [1.82, 2.24) is 15.1 Å². The Labute approximate surface area is 153 Å². The molecule has 3 atom stereocenters. The molecule has 8 heteroatoms. The van der Waals surface area contributed by atoms with Gasteiger partial charge in [-0.15, -0.1) is 24.0 Å². The minimum Gasteiger partial charge on any atom is -0.357 e. The number of guanidine groups is 1. The molecular formula is C15H28F3IN4. The molecule has 136 valence electrons. The lowest BCUT2D eigenvalue weighted by atomic mass is 10.2. The summed E-state index contributed by atoms with van der Waals surface area (Å²) in [6, 6.07) is -1.37. The van der Waals surface area contributed by atoms with E-state index >= 15 is 0 Å². The lowest BCUT2D eigenvalue weighted by molar-refractivity contribution is -0.181. The van der Waals surface area contributed by atoms with E-state index in [9.17, 15) is 13.2 Å². The average molecular weight is 448 g/mol. The van der Waals surface area contributed by atoms with E-state index in [1.165, 1.54) is 18.2 Å². The zero-order valence-corrected chi connectivity index (χ0v) is 16.4. The highest BCUT2D eigenvalue weighted by Crippen LogP contribution is 2.37. The molecule has 2 rings (SSSR count). The summed E-state index contributed by atoms with van der Waals surface area (Å²) in [5, 5.41) is 3.26. The first-order valence-electron chi connectivity index (χ1n) is 8.17. The van der Waals surface area contributed by atoms with Crippen molar-refractivity contribution in [2.45, 2.75) is 39.4 Å². The van der Waals surface area contributed by atoms with Gasteiger partial charge in [-0.05, 0) is 32.1 Å². The molecule has 0 aromatic heterocycles. The number of nitrogens with zero attached hydrogens (tertiary/aromatic N) is 3. The lowest BCUT2D eigenvalue weighted by Crippen LogP contribution is -2.56. The molecule has 4 nitrogen and oxygen atoms in total. The maximum atomic E-state index is 12.8. The molecule has 1 N–H and O–H groups in total. The summed E-state index contributed by atoms with van der Waals surface area (Å²) in [6.45, 7) is 9.10. The Morgan fingerprint density at radius 1 is 1.26 bits per heavy atom. The van der Waals surface area contributed by atoms with Crippen LogP contribution in [0.4, 0.5) is 13.2 Å². The third-order valence-corrected chi connectivity index (χ3v) is 4.72. The first-order chi connectivity index (χ1) is 10.3. The van der Waals surface area contributed by atoms with Crippen molar-refractivity contribution in [2.75, 3.05) is 39.3 Å². The van der Waals surface area contributed by atoms with Crippen molar-refractivity contribution in [3.8, 4) is 0 Å². The number of rotatable bonds is 4. The number of hydrogen-bond acceptors (Lipinski definition) is 2. The average Bonchev–Trinajstić information content (AvgIpc) is 3.17. The molecule has 1 heterocycles. The molecule has 1 aliphatic heterocycles. The summed E-state index contributed by atoms with van der Waals surface area (Å²) in [6.07, 6.45) is -2.91. The van der Waals surface area contributed by atoms with Gasteiger partial charge in [0.25, 0.3) is 0 Å². The quantitative estimate of drug-likeness (QED) is 0.408. The van der Waals surface area contributed by atoms with Gasteiger partial charge >= 0.3 is 6.18 Å². The second kappa shape index (κ2) is 8.73. The van der Waals surface area contributed by atoms with E-state index in [2.05, 4.69) is 22.1 Å². The van der Waals surface area contributed by atoms with Crippen LogP contribution in [0.2, 0.25) is 0 Å². The SMILES string of the molecule is CCNC(=NCC1CC1C)N1CCN(C(C)C(F)(F)F)CC1.I. The van der Waals surface area contributed by atoms with Crippen molar-refractivity contribution >= 4 is 29.9 Å². The van der Waals surface area contributed by atoms with Crippen LogP contribution in [0.1, 0.15) is 27.2 Å². The van der Waals surface area contributed by atoms with E-state index in [4.69, 9.17) is 0 Å². The monoisotopic (exact) mass is 448 g/mol. The van der Waals surface area contributed by atoms with E-state index in [0.29, 0.717) is 32.1 Å². The van der Waals surface area contributed by atoms with Crippen molar-refractivity contribution in [3.63, 3.8) is 0 Å². The predicted molar refractivity (Wildman–Crippen MR) is 97.3 cm³/mol. The van der Waals surface area contributed by atoms with Gasteiger partial charge in [-0.3, -0.25) is 9.89 Å². The number of hydrogen-bond donors (Lipinski definition) is 1. The first-order valence-corrected chi connectivity index (χ1v) is 8.17. The molecular weight excluding hydrogens is 420 g/mol. The summed E-state index contributed by atoms with van der Waals surface area (Å²) >= 11 is 0. The van der Waals surface area contributed by atoms with E-state index in [0.717, 1.165) is 25.0 Å². The Bertz CT molecular complexity index is 395. The van der Waals surface area contributed by atoms with Gasteiger partial charge in [0.15, 0.2) is 5.96 Å². The van der Waals surface area contributed by atoms with Crippen LogP contribution in [0.3, 0.4) is 0 Å². The van der Waals surface area contributed by atoms with Gasteiger partial charge in [-0.1, -0.05) is 6.92 Å². The van der Waals surface area contributed by atoms with Crippen molar-refractivity contribution in [1.29, 1.82) is 0 Å². The third-order valence-electron chi connectivity index (χ3n) is 4.72. The number of nitrogens with one attached hydrogen (secondary N) is 1. The second-order valence-corrected chi connectivity index (χ2v) is 6.41. The standard InChI is InChI=1S/C15H27F3N4.HI/c1-4-19-14(20-10-13-9-11(13)2)22-7-5-21(6-8-22)12(3)15(16,17)18;/h11-13H,4-10H2,1-3H3,(H,19,20);1H. The molecule has 0 aromatic carbocycles. The summed E-state index contributed by atoms with van der Waals surface area (Å²) in [4.78, 5) is 8.24. The predicted octanol–water partition coefficient (Wildman–Crippen LogP) is 2.79. The fourth-order valence-corrected chi connectivity index (χ4v) is 2.81. The van der Waals surface area contributed by atoms with Gasteiger partial charge < -0.3 is 10.2 Å². The van der Waals surface area contributed by atoms with Crippen LogP contribution >= 0.6 is 24.0 Å². The van der Waals surface area contributed by atoms with Crippen LogP contribution in [-0.4, -0.2) is 67.2 Å². The van der Waals surface area contributed by atoms with Crippen molar-refractivity contribution in [2.24, 2.45) is 16.8 Å². The van der Waals surface area contributed by atoms with Gasteiger partial charge in [-0.25, -0.2) is 0 Å². The van der Waals surface area contributed by atoms with E-state index in [-0.39, 0.29) is 24.0 Å². The van der Waals surface area contributed by atoms with E-state index < -0.39 is 12.2 Å². The molecule has 0 amide bonds. The van der Waals surface area contributed by atoms with E-state index in [1.54, 1.807) is 0 Å². The molecule has 0 spiro atoms.